The fraction of sp³-hybridized carbons (Fsp3) is 0.562. The number of methoxy groups -OCH3 is 1. The normalized spacial score (nSPS) is 16.6. The molecule has 1 saturated carbocycles. The van der Waals surface area contributed by atoms with E-state index in [1.54, 1.807) is 18.0 Å². The summed E-state index contributed by atoms with van der Waals surface area (Å²) in [5.41, 5.74) is -0.366. The van der Waals surface area contributed by atoms with Crippen molar-refractivity contribution in [3.63, 3.8) is 0 Å². The van der Waals surface area contributed by atoms with E-state index in [2.05, 4.69) is 5.32 Å². The van der Waals surface area contributed by atoms with Crippen LogP contribution in [0.1, 0.15) is 36.4 Å². The van der Waals surface area contributed by atoms with Crippen molar-refractivity contribution >= 4 is 6.03 Å². The average molecular weight is 330 g/mol. The molecule has 1 atom stereocenters. The molecule has 1 aromatic carbocycles. The van der Waals surface area contributed by atoms with Gasteiger partial charge in [0.2, 0.25) is 0 Å². The number of nitrogens with one attached hydrogen (secondary N) is 1. The molecule has 1 aliphatic carbocycles. The highest BCUT2D eigenvalue weighted by Crippen LogP contribution is 2.31. The highest BCUT2D eigenvalue weighted by atomic mass is 19.4. The molecule has 23 heavy (non-hydrogen) atoms. The molecule has 0 aliphatic heterocycles. The molecule has 0 aromatic heterocycles. The monoisotopic (exact) mass is 330 g/mol. The summed E-state index contributed by atoms with van der Waals surface area (Å²) < 4.78 is 43.6. The maximum Gasteiger partial charge on any atom is 0.416 e. The van der Waals surface area contributed by atoms with Gasteiger partial charge in [-0.25, -0.2) is 4.79 Å². The lowest BCUT2D eigenvalue weighted by molar-refractivity contribution is -0.137. The minimum Gasteiger partial charge on any atom is -0.382 e. The Morgan fingerprint density at radius 1 is 1.43 bits per heavy atom. The number of hydrogen-bond donors (Lipinski definition) is 1. The third kappa shape index (κ3) is 4.37. The number of benzene rings is 1. The third-order valence-corrected chi connectivity index (χ3v) is 4.19. The Hall–Kier alpha value is -1.76. The van der Waals surface area contributed by atoms with Crippen molar-refractivity contribution in [2.24, 2.45) is 0 Å². The first-order valence-corrected chi connectivity index (χ1v) is 7.52. The Kier molecular flexibility index (Phi) is 5.51. The summed E-state index contributed by atoms with van der Waals surface area (Å²) >= 11 is 0. The van der Waals surface area contributed by atoms with E-state index in [9.17, 15) is 18.0 Å². The number of rotatable bonds is 5. The number of amides is 2. The van der Waals surface area contributed by atoms with E-state index in [0.717, 1.165) is 31.4 Å². The first-order chi connectivity index (χ1) is 10.8. The highest BCUT2D eigenvalue weighted by Gasteiger charge is 2.32. The number of ether oxygens (including phenoxy) is 1. The van der Waals surface area contributed by atoms with Crippen LogP contribution in [0.15, 0.2) is 24.3 Å². The van der Waals surface area contributed by atoms with Gasteiger partial charge in [0.15, 0.2) is 0 Å². The van der Waals surface area contributed by atoms with Gasteiger partial charge in [-0.2, -0.15) is 13.2 Å². The standard InChI is InChI=1S/C16H21F3N2O2/c1-21(13-7-4-8-13)15(22)20-14(10-23-2)11-5-3-6-12(9-11)16(17,18)19/h3,5-6,9,13-14H,4,7-8,10H2,1-2H3,(H,20,22). The minimum atomic E-state index is -4.42. The van der Waals surface area contributed by atoms with Gasteiger partial charge < -0.3 is 15.0 Å². The second-order valence-electron chi connectivity index (χ2n) is 5.78. The molecule has 1 unspecified atom stereocenters. The van der Waals surface area contributed by atoms with Gasteiger partial charge in [-0.3, -0.25) is 0 Å². The highest BCUT2D eigenvalue weighted by molar-refractivity contribution is 5.75. The van der Waals surface area contributed by atoms with E-state index >= 15 is 0 Å². The Balaban J connectivity index is 2.12. The maximum atomic E-state index is 12.8. The van der Waals surface area contributed by atoms with E-state index in [1.807, 2.05) is 0 Å². The van der Waals surface area contributed by atoms with Crippen LogP contribution in [0.5, 0.6) is 0 Å². The number of urea groups is 1. The molecule has 1 fully saturated rings. The molecule has 7 heteroatoms. The predicted octanol–water partition coefficient (Wildman–Crippen LogP) is 3.59. The first kappa shape index (κ1) is 17.6. The number of carbonyl (C=O) groups is 1. The van der Waals surface area contributed by atoms with Crippen molar-refractivity contribution in [3.05, 3.63) is 35.4 Å². The predicted molar refractivity (Wildman–Crippen MR) is 80.0 cm³/mol. The van der Waals surface area contributed by atoms with Gasteiger partial charge in [-0.05, 0) is 37.0 Å². The molecule has 0 radical (unpaired) electrons. The largest absolute Gasteiger partial charge is 0.416 e. The summed E-state index contributed by atoms with van der Waals surface area (Å²) in [6.45, 7) is 0.103. The summed E-state index contributed by atoms with van der Waals surface area (Å²) in [7, 11) is 3.15. The van der Waals surface area contributed by atoms with Gasteiger partial charge in [0.1, 0.15) is 0 Å². The Bertz CT molecular complexity index is 544. The van der Waals surface area contributed by atoms with Gasteiger partial charge in [-0.1, -0.05) is 12.1 Å². The quantitative estimate of drug-likeness (QED) is 0.896. The van der Waals surface area contributed by atoms with Crippen molar-refractivity contribution in [3.8, 4) is 0 Å². The van der Waals surface area contributed by atoms with Crippen LogP contribution >= 0.6 is 0 Å². The lowest BCUT2D eigenvalue weighted by Crippen LogP contribution is -2.48. The molecule has 2 rings (SSSR count). The Morgan fingerprint density at radius 3 is 2.65 bits per heavy atom. The van der Waals surface area contributed by atoms with Crippen molar-refractivity contribution in [2.75, 3.05) is 20.8 Å². The Labute approximate surface area is 133 Å². The average Bonchev–Trinajstić information content (AvgIpc) is 2.44. The van der Waals surface area contributed by atoms with Crippen molar-refractivity contribution in [1.29, 1.82) is 0 Å². The molecule has 1 N–H and O–H groups in total. The lowest BCUT2D eigenvalue weighted by atomic mass is 9.92. The second kappa shape index (κ2) is 7.21. The first-order valence-electron chi connectivity index (χ1n) is 7.52. The van der Waals surface area contributed by atoms with Gasteiger partial charge in [0.05, 0.1) is 18.2 Å². The van der Waals surface area contributed by atoms with Gasteiger partial charge in [0, 0.05) is 20.2 Å². The topological polar surface area (TPSA) is 41.6 Å². The molecule has 1 aromatic rings. The van der Waals surface area contributed by atoms with Gasteiger partial charge >= 0.3 is 12.2 Å². The third-order valence-electron chi connectivity index (χ3n) is 4.19. The smallest absolute Gasteiger partial charge is 0.382 e. The molecule has 0 heterocycles. The lowest BCUT2D eigenvalue weighted by Gasteiger charge is -2.35. The number of nitrogens with zero attached hydrogens (tertiary/aromatic N) is 1. The van der Waals surface area contributed by atoms with Crippen LogP contribution in [-0.4, -0.2) is 37.7 Å². The minimum absolute atomic E-state index is 0.103. The summed E-state index contributed by atoms with van der Waals surface area (Å²) in [5, 5.41) is 2.76. The zero-order chi connectivity index (χ0) is 17.0. The number of hydrogen-bond acceptors (Lipinski definition) is 2. The molecule has 0 saturated heterocycles. The van der Waals surface area contributed by atoms with Gasteiger partial charge in [-0.15, -0.1) is 0 Å². The molecule has 4 nitrogen and oxygen atoms in total. The molecule has 128 valence electrons. The maximum absolute atomic E-state index is 12.8. The van der Waals surface area contributed by atoms with E-state index in [1.165, 1.54) is 13.2 Å². The molecule has 2 amide bonds. The molecule has 0 spiro atoms. The zero-order valence-corrected chi connectivity index (χ0v) is 13.2. The molecule has 1 aliphatic rings. The molecular weight excluding hydrogens is 309 g/mol. The summed E-state index contributed by atoms with van der Waals surface area (Å²) in [6, 6.07) is 4.24. The van der Waals surface area contributed by atoms with Crippen molar-refractivity contribution in [1.82, 2.24) is 10.2 Å². The van der Waals surface area contributed by atoms with Crippen LogP contribution < -0.4 is 5.32 Å². The van der Waals surface area contributed by atoms with E-state index in [-0.39, 0.29) is 18.7 Å². The fourth-order valence-corrected chi connectivity index (χ4v) is 2.51. The van der Waals surface area contributed by atoms with Crippen molar-refractivity contribution in [2.45, 2.75) is 37.5 Å². The number of carbonyl (C=O) groups excluding carboxylic acids is 1. The summed E-state index contributed by atoms with van der Waals surface area (Å²) in [5.74, 6) is 0. The van der Waals surface area contributed by atoms with E-state index in [0.29, 0.717) is 5.56 Å². The van der Waals surface area contributed by atoms with E-state index < -0.39 is 17.8 Å². The van der Waals surface area contributed by atoms with Crippen LogP contribution in [0.3, 0.4) is 0 Å². The zero-order valence-electron chi connectivity index (χ0n) is 13.2. The van der Waals surface area contributed by atoms with Crippen LogP contribution in [0.2, 0.25) is 0 Å². The van der Waals surface area contributed by atoms with Crippen molar-refractivity contribution < 1.29 is 22.7 Å². The van der Waals surface area contributed by atoms with Crippen LogP contribution in [0, 0.1) is 0 Å². The van der Waals surface area contributed by atoms with E-state index in [4.69, 9.17) is 4.74 Å². The van der Waals surface area contributed by atoms with Crippen LogP contribution in [-0.2, 0) is 10.9 Å². The fourth-order valence-electron chi connectivity index (χ4n) is 2.51. The second-order valence-corrected chi connectivity index (χ2v) is 5.78. The van der Waals surface area contributed by atoms with Crippen LogP contribution in [0.25, 0.3) is 0 Å². The van der Waals surface area contributed by atoms with Gasteiger partial charge in [0.25, 0.3) is 0 Å². The summed E-state index contributed by atoms with van der Waals surface area (Å²) in [6.07, 6.45) is -1.40. The molecule has 0 bridgehead atoms. The van der Waals surface area contributed by atoms with Crippen LogP contribution in [0.4, 0.5) is 18.0 Å². The SMILES string of the molecule is COCC(NC(=O)N(C)C1CCC1)c1cccc(C(F)(F)F)c1. The summed E-state index contributed by atoms with van der Waals surface area (Å²) in [4.78, 5) is 13.9. The molecular formula is C16H21F3N2O2. The number of halogens is 3. The Morgan fingerprint density at radius 2 is 2.13 bits per heavy atom. The number of alkyl halides is 3.